The first-order valence-electron chi connectivity index (χ1n) is 11.5. The molecule has 0 aliphatic carbocycles. The largest absolute Gasteiger partial charge is 0.497 e. The molecule has 3 nitrogen and oxygen atoms in total. The summed E-state index contributed by atoms with van der Waals surface area (Å²) < 4.78 is 5.32. The number of carbonyl (C=O) groups excluding carboxylic acids is 2. The summed E-state index contributed by atoms with van der Waals surface area (Å²) in [5.74, 6) is 5.02. The number of aryl methyl sites for hydroxylation is 1. The van der Waals surface area contributed by atoms with Crippen molar-refractivity contribution in [3.8, 4) is 17.6 Å². The molecule has 0 heterocycles. The fourth-order valence-electron chi connectivity index (χ4n) is 4.07. The van der Waals surface area contributed by atoms with Gasteiger partial charge in [0.25, 0.3) is 0 Å². The third-order valence-corrected chi connectivity index (χ3v) is 5.99. The number of ketones is 2. The molecule has 35 heavy (non-hydrogen) atoms. The van der Waals surface area contributed by atoms with Gasteiger partial charge < -0.3 is 4.74 Å². The number of rotatable bonds is 7. The first-order chi connectivity index (χ1) is 17.1. The summed E-state index contributed by atoms with van der Waals surface area (Å²) in [5.41, 5.74) is 3.44. The van der Waals surface area contributed by atoms with E-state index in [0.29, 0.717) is 16.9 Å². The van der Waals surface area contributed by atoms with E-state index in [1.165, 1.54) is 0 Å². The number of Topliss-reactive ketones (excluding diaryl/α,β-unsaturated/α-hetero) is 2. The third kappa shape index (κ3) is 5.57. The minimum absolute atomic E-state index is 0.236. The van der Waals surface area contributed by atoms with Crippen LogP contribution in [0.5, 0.6) is 5.75 Å². The number of ether oxygens (including phenoxy) is 1. The van der Waals surface area contributed by atoms with Gasteiger partial charge in [0.05, 0.1) is 13.0 Å². The van der Waals surface area contributed by atoms with Crippen molar-refractivity contribution in [1.29, 1.82) is 0 Å². The van der Waals surface area contributed by atoms with Crippen molar-refractivity contribution in [2.24, 2.45) is 5.92 Å². The molecule has 0 aliphatic heterocycles. The van der Waals surface area contributed by atoms with Crippen molar-refractivity contribution in [3.05, 3.63) is 137 Å². The summed E-state index contributed by atoms with van der Waals surface area (Å²) in [6, 6.07) is 33.3. The molecule has 0 aromatic heterocycles. The predicted molar refractivity (Wildman–Crippen MR) is 139 cm³/mol. The molecule has 0 bridgehead atoms. The summed E-state index contributed by atoms with van der Waals surface area (Å²) >= 11 is 0. The summed E-state index contributed by atoms with van der Waals surface area (Å²) in [6.07, 6.45) is 0. The number of methoxy groups -OCH3 is 1. The molecular weight excluding hydrogens is 432 g/mol. The molecule has 2 atom stereocenters. The smallest absolute Gasteiger partial charge is 0.175 e. The number of benzene rings is 4. The van der Waals surface area contributed by atoms with Crippen molar-refractivity contribution in [1.82, 2.24) is 0 Å². The van der Waals surface area contributed by atoms with Crippen LogP contribution in [0.15, 0.2) is 109 Å². The van der Waals surface area contributed by atoms with Crippen LogP contribution in [0.2, 0.25) is 0 Å². The zero-order valence-corrected chi connectivity index (χ0v) is 19.8. The molecule has 4 aromatic carbocycles. The first kappa shape index (κ1) is 23.7. The fourth-order valence-corrected chi connectivity index (χ4v) is 4.07. The van der Waals surface area contributed by atoms with Gasteiger partial charge >= 0.3 is 0 Å². The molecule has 0 radical (unpaired) electrons. The van der Waals surface area contributed by atoms with E-state index in [0.717, 1.165) is 16.7 Å². The van der Waals surface area contributed by atoms with E-state index >= 15 is 0 Å². The number of hydrogen-bond donors (Lipinski definition) is 0. The highest BCUT2D eigenvalue weighted by molar-refractivity contribution is 6.17. The molecule has 0 aliphatic rings. The van der Waals surface area contributed by atoms with E-state index < -0.39 is 11.8 Å². The van der Waals surface area contributed by atoms with Gasteiger partial charge in [-0.25, -0.2) is 0 Å². The predicted octanol–water partition coefficient (Wildman–Crippen LogP) is 6.52. The molecule has 4 aromatic rings. The van der Waals surface area contributed by atoms with Gasteiger partial charge in [-0.2, -0.15) is 0 Å². The Morgan fingerprint density at radius 1 is 0.714 bits per heavy atom. The van der Waals surface area contributed by atoms with Crippen LogP contribution >= 0.6 is 0 Å². The SMILES string of the molecule is COc1ccc(C(C#Cc2ccccc2)C(C(=O)c2ccccc2)C(=O)c2ccccc2C)cc1. The molecule has 0 N–H and O–H groups in total. The summed E-state index contributed by atoms with van der Waals surface area (Å²) in [4.78, 5) is 27.9. The Bertz CT molecular complexity index is 1360. The number of carbonyl (C=O) groups is 2. The van der Waals surface area contributed by atoms with Crippen molar-refractivity contribution in [2.75, 3.05) is 7.11 Å². The maximum absolute atomic E-state index is 14.0. The lowest BCUT2D eigenvalue weighted by Gasteiger charge is -2.23. The van der Waals surface area contributed by atoms with Gasteiger partial charge in [0.1, 0.15) is 11.7 Å². The fraction of sp³-hybridized carbons (Fsp3) is 0.125. The van der Waals surface area contributed by atoms with Crippen LogP contribution in [0.25, 0.3) is 0 Å². The van der Waals surface area contributed by atoms with E-state index in [2.05, 4.69) is 11.8 Å². The third-order valence-electron chi connectivity index (χ3n) is 5.99. The van der Waals surface area contributed by atoms with E-state index in [1.807, 2.05) is 85.8 Å². The van der Waals surface area contributed by atoms with Gasteiger partial charge in [-0.05, 0) is 42.3 Å². The van der Waals surface area contributed by atoms with Crippen molar-refractivity contribution in [3.63, 3.8) is 0 Å². The van der Waals surface area contributed by atoms with Crippen LogP contribution in [-0.2, 0) is 0 Å². The van der Waals surface area contributed by atoms with Crippen LogP contribution in [0.1, 0.15) is 43.3 Å². The maximum Gasteiger partial charge on any atom is 0.175 e. The zero-order valence-electron chi connectivity index (χ0n) is 19.8. The Morgan fingerprint density at radius 2 is 1.31 bits per heavy atom. The molecule has 0 saturated heterocycles. The van der Waals surface area contributed by atoms with Gasteiger partial charge in [-0.3, -0.25) is 9.59 Å². The van der Waals surface area contributed by atoms with E-state index in [9.17, 15) is 9.59 Å². The second-order valence-corrected chi connectivity index (χ2v) is 8.27. The molecule has 3 heteroatoms. The van der Waals surface area contributed by atoms with Crippen LogP contribution < -0.4 is 4.74 Å². The molecule has 0 spiro atoms. The Kier molecular flexibility index (Phi) is 7.55. The van der Waals surface area contributed by atoms with Crippen LogP contribution in [0, 0.1) is 24.7 Å². The highest BCUT2D eigenvalue weighted by Crippen LogP contribution is 2.32. The van der Waals surface area contributed by atoms with Crippen LogP contribution in [0.4, 0.5) is 0 Å². The maximum atomic E-state index is 14.0. The second kappa shape index (κ2) is 11.1. The molecule has 4 rings (SSSR count). The first-order valence-corrected chi connectivity index (χ1v) is 11.5. The highest BCUT2D eigenvalue weighted by atomic mass is 16.5. The van der Waals surface area contributed by atoms with Crippen molar-refractivity contribution < 1.29 is 14.3 Å². The number of hydrogen-bond acceptors (Lipinski definition) is 3. The molecular formula is C32H26O3. The van der Waals surface area contributed by atoms with Crippen molar-refractivity contribution >= 4 is 11.6 Å². The van der Waals surface area contributed by atoms with Gasteiger partial charge in [-0.1, -0.05) is 96.8 Å². The molecule has 0 fully saturated rings. The molecule has 2 unspecified atom stereocenters. The lowest BCUT2D eigenvalue weighted by Crippen LogP contribution is -2.30. The normalized spacial score (nSPS) is 12.1. The van der Waals surface area contributed by atoms with E-state index in [4.69, 9.17) is 4.74 Å². The molecule has 172 valence electrons. The Hall–Kier alpha value is -4.42. The Balaban J connectivity index is 1.88. The lowest BCUT2D eigenvalue weighted by atomic mass is 9.76. The average Bonchev–Trinajstić information content (AvgIpc) is 2.92. The second-order valence-electron chi connectivity index (χ2n) is 8.27. The van der Waals surface area contributed by atoms with Gasteiger partial charge in [-0.15, -0.1) is 0 Å². The van der Waals surface area contributed by atoms with E-state index in [-0.39, 0.29) is 11.6 Å². The van der Waals surface area contributed by atoms with E-state index in [1.54, 1.807) is 37.4 Å². The quantitative estimate of drug-likeness (QED) is 0.180. The minimum Gasteiger partial charge on any atom is -0.497 e. The minimum atomic E-state index is -1.01. The summed E-state index contributed by atoms with van der Waals surface area (Å²) in [6.45, 7) is 1.88. The van der Waals surface area contributed by atoms with Gasteiger partial charge in [0.15, 0.2) is 11.6 Å². The summed E-state index contributed by atoms with van der Waals surface area (Å²) in [5, 5.41) is 0. The van der Waals surface area contributed by atoms with Crippen LogP contribution in [-0.4, -0.2) is 18.7 Å². The monoisotopic (exact) mass is 458 g/mol. The van der Waals surface area contributed by atoms with Crippen LogP contribution in [0.3, 0.4) is 0 Å². The Labute approximate surface area is 206 Å². The zero-order chi connectivity index (χ0) is 24.6. The summed E-state index contributed by atoms with van der Waals surface area (Å²) in [7, 11) is 1.60. The highest BCUT2D eigenvalue weighted by Gasteiger charge is 2.36. The van der Waals surface area contributed by atoms with Gasteiger partial charge in [0.2, 0.25) is 0 Å². The molecule has 0 saturated carbocycles. The Morgan fingerprint density at radius 3 is 1.94 bits per heavy atom. The van der Waals surface area contributed by atoms with Gasteiger partial charge in [0, 0.05) is 16.7 Å². The average molecular weight is 459 g/mol. The van der Waals surface area contributed by atoms with Crippen molar-refractivity contribution in [2.45, 2.75) is 12.8 Å². The topological polar surface area (TPSA) is 43.4 Å². The molecule has 0 amide bonds. The standard InChI is InChI=1S/C32H26O3/c1-23-11-9-10-16-28(23)32(34)30(31(33)26-14-7-4-8-15-26)29(22-17-24-12-5-3-6-13-24)25-18-20-27(35-2)21-19-25/h3-16,18-21,29-30H,1-2H3. The lowest BCUT2D eigenvalue weighted by molar-refractivity contribution is 0.0797.